The molecule has 1 aliphatic heterocycles. The second-order valence-electron chi connectivity index (χ2n) is 12.0. The zero-order valence-electron chi connectivity index (χ0n) is 24.4. The minimum atomic E-state index is -0.937. The third-order valence-corrected chi connectivity index (χ3v) is 9.61. The summed E-state index contributed by atoms with van der Waals surface area (Å²) < 4.78 is 13.7. The van der Waals surface area contributed by atoms with Crippen molar-refractivity contribution in [1.29, 1.82) is 0 Å². The molecule has 2 fully saturated rings. The van der Waals surface area contributed by atoms with Crippen molar-refractivity contribution in [3.05, 3.63) is 53.1 Å². The molecule has 0 bridgehead atoms. The lowest BCUT2D eigenvalue weighted by Crippen LogP contribution is -2.39. The van der Waals surface area contributed by atoms with Gasteiger partial charge in [-0.15, -0.1) is 0 Å². The Hall–Kier alpha value is -3.36. The maximum atomic E-state index is 14.2. The van der Waals surface area contributed by atoms with E-state index in [0.29, 0.717) is 32.2 Å². The van der Waals surface area contributed by atoms with Crippen LogP contribution in [0.3, 0.4) is 0 Å². The van der Waals surface area contributed by atoms with Crippen LogP contribution in [-0.4, -0.2) is 74.0 Å². The summed E-state index contributed by atoms with van der Waals surface area (Å²) in [6, 6.07) is 11.8. The van der Waals surface area contributed by atoms with Crippen LogP contribution in [0.5, 0.6) is 5.75 Å². The molecule has 0 spiro atoms. The largest absolute Gasteiger partial charge is 0.497 e. The number of aromatic carboxylic acids is 1. The minimum absolute atomic E-state index is 0.0737. The Morgan fingerprint density at radius 3 is 2.66 bits per heavy atom. The molecule has 6 rings (SSSR count). The van der Waals surface area contributed by atoms with E-state index >= 15 is 0 Å². The van der Waals surface area contributed by atoms with Crippen LogP contribution in [0.2, 0.25) is 0 Å². The number of nitrogens with zero attached hydrogens (tertiary/aromatic N) is 2. The number of carbonyl (C=O) groups is 2. The number of carboxylic acid groups (broad SMARTS) is 1. The van der Waals surface area contributed by atoms with Gasteiger partial charge < -0.3 is 29.4 Å². The molecule has 0 radical (unpaired) electrons. The molecule has 2 saturated carbocycles. The average molecular weight is 560 g/mol. The molecular weight excluding hydrogens is 518 g/mol. The number of hydrogen-bond donors (Lipinski definition) is 2. The van der Waals surface area contributed by atoms with Gasteiger partial charge in [0.05, 0.1) is 37.0 Å². The number of amides is 1. The normalized spacial score (nSPS) is 21.5. The first-order valence-corrected chi connectivity index (χ1v) is 14.9. The fourth-order valence-corrected chi connectivity index (χ4v) is 7.37. The van der Waals surface area contributed by atoms with Gasteiger partial charge in [-0.1, -0.05) is 25.3 Å². The summed E-state index contributed by atoms with van der Waals surface area (Å²) in [4.78, 5) is 28.1. The molecule has 3 aromatic rings. The lowest BCUT2D eigenvalue weighted by molar-refractivity contribution is -0.137. The van der Waals surface area contributed by atoms with Crippen molar-refractivity contribution in [3.8, 4) is 17.0 Å². The van der Waals surface area contributed by atoms with Gasteiger partial charge in [0.15, 0.2) is 0 Å². The predicted octanol–water partition coefficient (Wildman–Crippen LogP) is 5.24. The zero-order valence-corrected chi connectivity index (χ0v) is 24.4. The van der Waals surface area contributed by atoms with Crippen LogP contribution < -0.4 is 10.1 Å². The number of hydrogen-bond acceptors (Lipinski definition) is 5. The summed E-state index contributed by atoms with van der Waals surface area (Å²) in [6.45, 7) is 2.92. The number of likely N-dealkylation sites (N-methyl/N-ethyl adjacent to an activating group) is 2. The maximum Gasteiger partial charge on any atom is 0.335 e. The number of fused-ring (bicyclic) bond motifs is 7. The lowest BCUT2D eigenvalue weighted by Gasteiger charge is -2.25. The van der Waals surface area contributed by atoms with Crippen molar-refractivity contribution < 1.29 is 24.2 Å². The highest BCUT2D eigenvalue weighted by molar-refractivity contribution is 6.00. The topological polar surface area (TPSA) is 93.0 Å². The molecule has 0 saturated heterocycles. The van der Waals surface area contributed by atoms with Crippen LogP contribution >= 0.6 is 0 Å². The third-order valence-electron chi connectivity index (χ3n) is 9.61. The van der Waals surface area contributed by atoms with E-state index in [1.807, 2.05) is 37.2 Å². The number of ether oxygens (including phenoxy) is 2. The van der Waals surface area contributed by atoms with Crippen molar-refractivity contribution in [3.63, 3.8) is 0 Å². The highest BCUT2D eigenvalue weighted by Crippen LogP contribution is 2.66. The lowest BCUT2D eigenvalue weighted by atomic mass is 9.81. The van der Waals surface area contributed by atoms with E-state index in [-0.39, 0.29) is 17.4 Å². The average Bonchev–Trinajstić information content (AvgIpc) is 3.66. The first-order valence-electron chi connectivity index (χ1n) is 14.9. The first kappa shape index (κ1) is 27.8. The third kappa shape index (κ3) is 4.81. The second kappa shape index (κ2) is 11.1. The van der Waals surface area contributed by atoms with Gasteiger partial charge in [0.2, 0.25) is 5.91 Å². The van der Waals surface area contributed by atoms with Gasteiger partial charge in [0.25, 0.3) is 0 Å². The molecule has 41 heavy (non-hydrogen) atoms. The second-order valence-corrected chi connectivity index (χ2v) is 12.0. The van der Waals surface area contributed by atoms with E-state index in [1.54, 1.807) is 13.2 Å². The first-order chi connectivity index (χ1) is 19.9. The Morgan fingerprint density at radius 2 is 1.93 bits per heavy atom. The maximum absolute atomic E-state index is 14.2. The van der Waals surface area contributed by atoms with Crippen LogP contribution in [0, 0.1) is 5.41 Å². The van der Waals surface area contributed by atoms with E-state index in [4.69, 9.17) is 9.47 Å². The van der Waals surface area contributed by atoms with E-state index in [0.717, 1.165) is 59.3 Å². The Bertz CT molecular complexity index is 1470. The number of nitrogens with one attached hydrogen (secondary N) is 1. The van der Waals surface area contributed by atoms with E-state index in [2.05, 4.69) is 22.0 Å². The predicted molar refractivity (Wildman–Crippen MR) is 159 cm³/mol. The van der Waals surface area contributed by atoms with E-state index in [1.165, 1.54) is 24.8 Å². The number of methoxy groups -OCH3 is 1. The molecule has 1 aromatic heterocycles. The Morgan fingerprint density at radius 1 is 1.12 bits per heavy atom. The van der Waals surface area contributed by atoms with Crippen molar-refractivity contribution in [1.82, 2.24) is 14.8 Å². The van der Waals surface area contributed by atoms with E-state index in [9.17, 15) is 14.7 Å². The standard InChI is InChI=1S/C33H41N3O5/c1-34-13-15-41-16-14-35(2)32(39)33-19-27(33)26-18-23(40-3)10-12-24(26)30-29(21-7-5-4-6-8-21)25-11-9-22(31(37)38)17-28(25)36(30)20-33/h9-12,17-18,21,27,34H,4-8,13-16,19-20H2,1-3H3,(H,37,38)/t27-,33?/m0/s1. The van der Waals surface area contributed by atoms with Crippen molar-refractivity contribution in [2.75, 3.05) is 47.5 Å². The van der Waals surface area contributed by atoms with Gasteiger partial charge in [-0.05, 0) is 73.7 Å². The molecule has 2 aromatic carbocycles. The van der Waals surface area contributed by atoms with Gasteiger partial charge >= 0.3 is 5.97 Å². The highest BCUT2D eigenvalue weighted by atomic mass is 16.5. The molecule has 2 heterocycles. The quantitative estimate of drug-likeness (QED) is 0.330. The van der Waals surface area contributed by atoms with Crippen LogP contribution in [0.4, 0.5) is 0 Å². The van der Waals surface area contributed by atoms with Crippen LogP contribution in [-0.2, 0) is 16.1 Å². The van der Waals surface area contributed by atoms with Gasteiger partial charge in [-0.3, -0.25) is 4.79 Å². The van der Waals surface area contributed by atoms with Gasteiger partial charge in [0, 0.05) is 49.1 Å². The van der Waals surface area contributed by atoms with Crippen molar-refractivity contribution in [2.24, 2.45) is 5.41 Å². The van der Waals surface area contributed by atoms with E-state index < -0.39 is 11.4 Å². The Balaban J connectivity index is 1.49. The molecule has 2 N–H and O–H groups in total. The summed E-state index contributed by atoms with van der Waals surface area (Å²) in [5, 5.41) is 14.1. The van der Waals surface area contributed by atoms with Crippen LogP contribution in [0.15, 0.2) is 36.4 Å². The minimum Gasteiger partial charge on any atom is -0.497 e. The number of benzene rings is 2. The molecule has 8 nitrogen and oxygen atoms in total. The molecule has 1 unspecified atom stereocenters. The fraction of sp³-hybridized carbons (Fsp3) is 0.515. The zero-order chi connectivity index (χ0) is 28.7. The molecule has 3 aliphatic rings. The highest BCUT2D eigenvalue weighted by Gasteiger charge is 2.63. The number of aromatic nitrogens is 1. The number of carboxylic acids is 1. The summed E-state index contributed by atoms with van der Waals surface area (Å²) >= 11 is 0. The van der Waals surface area contributed by atoms with Crippen LogP contribution in [0.25, 0.3) is 22.2 Å². The number of rotatable bonds is 10. The molecular formula is C33H41N3O5. The summed E-state index contributed by atoms with van der Waals surface area (Å²) in [6.07, 6.45) is 6.67. The molecule has 2 aliphatic carbocycles. The molecule has 2 atom stereocenters. The summed E-state index contributed by atoms with van der Waals surface area (Å²) in [7, 11) is 5.45. The Kier molecular flexibility index (Phi) is 7.55. The summed E-state index contributed by atoms with van der Waals surface area (Å²) in [5.41, 5.74) is 5.38. The molecule has 8 heteroatoms. The molecule has 1 amide bonds. The van der Waals surface area contributed by atoms with Crippen LogP contribution in [0.1, 0.15) is 71.8 Å². The summed E-state index contributed by atoms with van der Waals surface area (Å²) in [5.74, 6) is 0.460. The fourth-order valence-electron chi connectivity index (χ4n) is 7.37. The monoisotopic (exact) mass is 559 g/mol. The smallest absolute Gasteiger partial charge is 0.335 e. The van der Waals surface area contributed by atoms with Gasteiger partial charge in [0.1, 0.15) is 5.75 Å². The van der Waals surface area contributed by atoms with Crippen molar-refractivity contribution >= 4 is 22.8 Å². The van der Waals surface area contributed by atoms with Gasteiger partial charge in [-0.25, -0.2) is 4.79 Å². The van der Waals surface area contributed by atoms with Gasteiger partial charge in [-0.2, -0.15) is 0 Å². The van der Waals surface area contributed by atoms with Crippen molar-refractivity contribution in [2.45, 2.75) is 56.9 Å². The Labute approximate surface area is 241 Å². The molecule has 218 valence electrons. The number of carbonyl (C=O) groups excluding carboxylic acids is 1. The SMILES string of the molecule is CNCCOCCN(C)C(=O)C12C[C@H]1c1cc(OC)ccc1-c1c(C3CCCCC3)c3ccc(C(=O)O)cc3n1C2.